The van der Waals surface area contributed by atoms with Gasteiger partial charge in [0.1, 0.15) is 11.6 Å². The van der Waals surface area contributed by atoms with Crippen molar-refractivity contribution >= 4 is 30.9 Å². The maximum Gasteiger partial charge on any atom is 0.203 e. The van der Waals surface area contributed by atoms with Gasteiger partial charge in [0.25, 0.3) is 0 Å². The van der Waals surface area contributed by atoms with E-state index in [1.54, 1.807) is 21.3 Å². The van der Waals surface area contributed by atoms with Crippen LogP contribution in [0.3, 0.4) is 0 Å². The Kier molecular flexibility index (Phi) is 12.3. The van der Waals surface area contributed by atoms with E-state index in [1.807, 2.05) is 42.5 Å². The second-order valence-electron chi connectivity index (χ2n) is 8.67. The summed E-state index contributed by atoms with van der Waals surface area (Å²) in [4.78, 5) is 4.75. The maximum atomic E-state index is 13.6. The summed E-state index contributed by atoms with van der Waals surface area (Å²) in [5.74, 6) is 1.31. The van der Waals surface area contributed by atoms with E-state index in [4.69, 9.17) is 14.2 Å². The normalized spacial score (nSPS) is 14.2. The number of halogens is 4. The molecule has 1 fully saturated rings. The van der Waals surface area contributed by atoms with Crippen molar-refractivity contribution in [2.45, 2.75) is 6.04 Å². The Hall–Kier alpha value is -2.84. The molecule has 3 aromatic rings. The van der Waals surface area contributed by atoms with Crippen molar-refractivity contribution in [3.8, 4) is 17.2 Å². The van der Waals surface area contributed by atoms with Crippen molar-refractivity contribution in [3.05, 3.63) is 95.1 Å². The molecule has 3 aromatic carbocycles. The van der Waals surface area contributed by atoms with E-state index in [0.29, 0.717) is 17.2 Å². The monoisotopic (exact) mass is 566 g/mol. The lowest BCUT2D eigenvalue weighted by atomic mass is 9.96. The zero-order chi connectivity index (χ0) is 25.5. The van der Waals surface area contributed by atoms with Crippen LogP contribution in [0, 0.1) is 11.6 Å². The Morgan fingerprint density at radius 1 is 0.711 bits per heavy atom. The summed E-state index contributed by atoms with van der Waals surface area (Å²) in [5, 5.41) is 0. The van der Waals surface area contributed by atoms with E-state index in [-0.39, 0.29) is 42.5 Å². The third-order valence-corrected chi connectivity index (χ3v) is 6.54. The van der Waals surface area contributed by atoms with E-state index in [0.717, 1.165) is 49.4 Å². The standard InChI is InChI=1S/C29H32F2N2O3.2ClH/c1-34-26-15-10-23(28(35-2)29(26)36-3)5-4-16-32-17-19-33(20-18-32)27(21-6-11-24(30)12-7-21)22-8-13-25(31)14-9-22;;/h4-15,27H,16-20H2,1-3H3;2*1H. The van der Waals surface area contributed by atoms with Crippen molar-refractivity contribution in [1.82, 2.24) is 9.80 Å². The molecule has 0 N–H and O–H groups in total. The summed E-state index contributed by atoms with van der Waals surface area (Å²) < 4.78 is 43.5. The zero-order valence-corrected chi connectivity index (χ0v) is 23.4. The molecule has 0 saturated carbocycles. The Labute approximate surface area is 235 Å². The molecule has 4 rings (SSSR count). The summed E-state index contributed by atoms with van der Waals surface area (Å²) in [6, 6.07) is 16.9. The largest absolute Gasteiger partial charge is 0.493 e. The maximum absolute atomic E-state index is 13.6. The smallest absolute Gasteiger partial charge is 0.203 e. The van der Waals surface area contributed by atoms with E-state index >= 15 is 0 Å². The molecule has 5 nitrogen and oxygen atoms in total. The molecule has 1 saturated heterocycles. The van der Waals surface area contributed by atoms with Crippen LogP contribution in [0.15, 0.2) is 66.7 Å². The summed E-state index contributed by atoms with van der Waals surface area (Å²) in [6.07, 6.45) is 4.16. The Bertz CT molecular complexity index is 1120. The topological polar surface area (TPSA) is 34.2 Å². The predicted molar refractivity (Wildman–Crippen MR) is 152 cm³/mol. The van der Waals surface area contributed by atoms with Gasteiger partial charge in [0.05, 0.1) is 27.4 Å². The number of nitrogens with zero attached hydrogens (tertiary/aromatic N) is 2. The minimum Gasteiger partial charge on any atom is -0.493 e. The van der Waals surface area contributed by atoms with Crippen LogP contribution in [0.2, 0.25) is 0 Å². The molecule has 0 aliphatic carbocycles. The second kappa shape index (κ2) is 14.9. The van der Waals surface area contributed by atoms with Gasteiger partial charge in [-0.25, -0.2) is 8.78 Å². The van der Waals surface area contributed by atoms with Crippen LogP contribution in [0.5, 0.6) is 17.2 Å². The van der Waals surface area contributed by atoms with Crippen LogP contribution >= 0.6 is 24.8 Å². The summed E-state index contributed by atoms with van der Waals surface area (Å²) in [6.45, 7) is 4.24. The van der Waals surface area contributed by atoms with Crippen LogP contribution in [0.1, 0.15) is 22.7 Å². The molecular formula is C29H34Cl2F2N2O3. The number of ether oxygens (including phenoxy) is 3. The highest BCUT2D eigenvalue weighted by atomic mass is 35.5. The highest BCUT2D eigenvalue weighted by molar-refractivity contribution is 5.85. The SMILES string of the molecule is COc1ccc(C=CCN2CCN(C(c3ccc(F)cc3)c3ccc(F)cc3)CC2)c(OC)c1OC.Cl.Cl. The van der Waals surface area contributed by atoms with Crippen LogP contribution < -0.4 is 14.2 Å². The summed E-state index contributed by atoms with van der Waals surface area (Å²) >= 11 is 0. The number of methoxy groups -OCH3 is 3. The fraction of sp³-hybridized carbons (Fsp3) is 0.310. The molecule has 1 heterocycles. The van der Waals surface area contributed by atoms with E-state index < -0.39 is 0 Å². The highest BCUT2D eigenvalue weighted by Gasteiger charge is 2.26. The first-order chi connectivity index (χ1) is 17.5. The van der Waals surface area contributed by atoms with Crippen molar-refractivity contribution in [1.29, 1.82) is 0 Å². The summed E-state index contributed by atoms with van der Waals surface area (Å²) in [7, 11) is 4.81. The van der Waals surface area contributed by atoms with Gasteiger partial charge >= 0.3 is 0 Å². The number of benzene rings is 3. The van der Waals surface area contributed by atoms with Crippen LogP contribution in [0.25, 0.3) is 6.08 Å². The lowest BCUT2D eigenvalue weighted by Crippen LogP contribution is -2.47. The van der Waals surface area contributed by atoms with Gasteiger partial charge in [0, 0.05) is 38.3 Å². The Morgan fingerprint density at radius 2 is 1.24 bits per heavy atom. The molecule has 0 unspecified atom stereocenters. The first kappa shape index (κ1) is 31.4. The predicted octanol–water partition coefficient (Wildman–Crippen LogP) is 6.25. The van der Waals surface area contributed by atoms with Crippen molar-refractivity contribution in [2.75, 3.05) is 54.1 Å². The van der Waals surface area contributed by atoms with E-state index in [2.05, 4.69) is 15.9 Å². The zero-order valence-electron chi connectivity index (χ0n) is 21.7. The Balaban J connectivity index is 0.00000253. The van der Waals surface area contributed by atoms with Gasteiger partial charge in [0.2, 0.25) is 5.75 Å². The van der Waals surface area contributed by atoms with Crippen molar-refractivity contribution in [2.24, 2.45) is 0 Å². The highest BCUT2D eigenvalue weighted by Crippen LogP contribution is 2.40. The van der Waals surface area contributed by atoms with Crippen LogP contribution in [-0.4, -0.2) is 63.9 Å². The van der Waals surface area contributed by atoms with E-state index in [1.165, 1.54) is 24.3 Å². The lowest BCUT2D eigenvalue weighted by molar-refractivity contribution is 0.118. The van der Waals surface area contributed by atoms with Gasteiger partial charge in [-0.3, -0.25) is 9.80 Å². The molecule has 0 radical (unpaired) electrons. The molecule has 9 heteroatoms. The fourth-order valence-corrected chi connectivity index (χ4v) is 4.69. The van der Waals surface area contributed by atoms with Crippen LogP contribution in [-0.2, 0) is 0 Å². The van der Waals surface area contributed by atoms with Gasteiger partial charge in [0.15, 0.2) is 11.5 Å². The molecule has 0 bridgehead atoms. The quantitative estimate of drug-likeness (QED) is 0.305. The Morgan fingerprint density at radius 3 is 1.71 bits per heavy atom. The minimum absolute atomic E-state index is 0. The molecule has 206 valence electrons. The molecule has 38 heavy (non-hydrogen) atoms. The van der Waals surface area contributed by atoms with Gasteiger partial charge in [-0.2, -0.15) is 0 Å². The third-order valence-electron chi connectivity index (χ3n) is 6.54. The van der Waals surface area contributed by atoms with Gasteiger partial charge in [-0.05, 0) is 47.5 Å². The number of hydrogen-bond donors (Lipinski definition) is 0. The molecule has 0 spiro atoms. The number of piperazine rings is 1. The van der Waals surface area contributed by atoms with Gasteiger partial charge in [-0.15, -0.1) is 24.8 Å². The third kappa shape index (κ3) is 7.38. The molecule has 0 atom stereocenters. The van der Waals surface area contributed by atoms with Gasteiger partial charge < -0.3 is 14.2 Å². The first-order valence-corrected chi connectivity index (χ1v) is 12.0. The summed E-state index contributed by atoms with van der Waals surface area (Å²) in [5.41, 5.74) is 2.91. The molecule has 0 amide bonds. The average Bonchev–Trinajstić information content (AvgIpc) is 2.91. The molecular weight excluding hydrogens is 533 g/mol. The lowest BCUT2D eigenvalue weighted by Gasteiger charge is -2.39. The molecule has 1 aliphatic rings. The van der Waals surface area contributed by atoms with Gasteiger partial charge in [-0.1, -0.05) is 36.4 Å². The molecule has 0 aromatic heterocycles. The van der Waals surface area contributed by atoms with Crippen LogP contribution in [0.4, 0.5) is 8.78 Å². The fourth-order valence-electron chi connectivity index (χ4n) is 4.69. The van der Waals surface area contributed by atoms with Crippen molar-refractivity contribution < 1.29 is 23.0 Å². The first-order valence-electron chi connectivity index (χ1n) is 12.0. The molecule has 1 aliphatic heterocycles. The van der Waals surface area contributed by atoms with Crippen molar-refractivity contribution in [3.63, 3.8) is 0 Å². The average molecular weight is 568 g/mol. The second-order valence-corrected chi connectivity index (χ2v) is 8.67. The number of rotatable bonds is 9. The number of hydrogen-bond acceptors (Lipinski definition) is 5. The van der Waals surface area contributed by atoms with E-state index in [9.17, 15) is 8.78 Å². The minimum atomic E-state index is -0.265.